The van der Waals surface area contributed by atoms with E-state index in [-0.39, 0.29) is 11.8 Å². The molecule has 1 amide bonds. The van der Waals surface area contributed by atoms with Gasteiger partial charge in [0.15, 0.2) is 17.0 Å². The van der Waals surface area contributed by atoms with Crippen LogP contribution in [0.25, 0.3) is 28.1 Å². The number of carbonyl (C=O) groups excluding carboxylic acids is 1. The summed E-state index contributed by atoms with van der Waals surface area (Å²) in [5.74, 6) is 2.77. The first-order valence-electron chi connectivity index (χ1n) is 14.7. The van der Waals surface area contributed by atoms with Crippen LogP contribution in [0.4, 0.5) is 5.82 Å². The minimum absolute atomic E-state index is 0.157. The van der Waals surface area contributed by atoms with E-state index in [1.54, 1.807) is 7.11 Å². The summed E-state index contributed by atoms with van der Waals surface area (Å²) in [4.78, 5) is 37.2. The number of likely N-dealkylation sites (tertiary alicyclic amines) is 1. The molecule has 1 atom stereocenters. The number of hydrogen-bond donors (Lipinski definition) is 1. The van der Waals surface area contributed by atoms with Gasteiger partial charge in [-0.15, -0.1) is 0 Å². The number of ether oxygens (including phenoxy) is 2. The molecule has 0 bridgehead atoms. The van der Waals surface area contributed by atoms with Crippen molar-refractivity contribution in [2.45, 2.75) is 57.6 Å². The highest BCUT2D eigenvalue weighted by molar-refractivity contribution is 5.86. The zero-order valence-electron chi connectivity index (χ0n) is 25.4. The van der Waals surface area contributed by atoms with E-state index in [2.05, 4.69) is 34.3 Å². The van der Waals surface area contributed by atoms with Crippen molar-refractivity contribution in [2.24, 2.45) is 12.8 Å². The van der Waals surface area contributed by atoms with Gasteiger partial charge in [0.05, 0.1) is 29.8 Å². The molecule has 12 nitrogen and oxygen atoms in total. The standard InChI is InChI=1S/C30H41N9O3/c1-19(2)23-32-20-10-7-8-11-21(20)39(23)28-34-24-22(25(35-28)37-14-16-42-17-15-37)33-27(36(24)5)30(41-6)12-9-13-38(18-30)29(3,4)26(31)40/h7-8,10-11,19H,9,12-18H2,1-6H3,(H2,31,40). The van der Waals surface area contributed by atoms with Crippen molar-refractivity contribution in [2.75, 3.05) is 51.4 Å². The summed E-state index contributed by atoms with van der Waals surface area (Å²) in [6.07, 6.45) is 1.59. The van der Waals surface area contributed by atoms with E-state index >= 15 is 0 Å². The number of nitrogens with zero attached hydrogens (tertiary/aromatic N) is 8. The van der Waals surface area contributed by atoms with E-state index < -0.39 is 11.1 Å². The largest absolute Gasteiger partial charge is 0.378 e. The Morgan fingerprint density at radius 3 is 2.52 bits per heavy atom. The van der Waals surface area contributed by atoms with E-state index in [1.807, 2.05) is 43.7 Å². The van der Waals surface area contributed by atoms with Crippen molar-refractivity contribution >= 4 is 33.9 Å². The SMILES string of the molecule is COC1(c2nc3c(N4CCOCC4)nc(-n4c(C(C)C)nc5ccccc54)nc3n2C)CCCN(C(C)(C)C(N)=O)C1. The Hall–Kier alpha value is -3.61. The third-order valence-corrected chi connectivity index (χ3v) is 8.95. The van der Waals surface area contributed by atoms with Gasteiger partial charge in [0.25, 0.3) is 0 Å². The molecular formula is C30H41N9O3. The van der Waals surface area contributed by atoms with Crippen molar-refractivity contribution in [3.8, 4) is 5.95 Å². The fourth-order valence-corrected chi connectivity index (χ4v) is 6.28. The summed E-state index contributed by atoms with van der Waals surface area (Å²) >= 11 is 0. The van der Waals surface area contributed by atoms with Crippen LogP contribution in [0, 0.1) is 0 Å². The molecule has 12 heteroatoms. The van der Waals surface area contributed by atoms with Gasteiger partial charge in [-0.2, -0.15) is 9.97 Å². The lowest BCUT2D eigenvalue weighted by molar-refractivity contribution is -0.137. The summed E-state index contributed by atoms with van der Waals surface area (Å²) in [5.41, 5.74) is 7.53. The minimum Gasteiger partial charge on any atom is -0.378 e. The lowest BCUT2D eigenvalue weighted by atomic mass is 9.87. The van der Waals surface area contributed by atoms with Crippen LogP contribution >= 0.6 is 0 Å². The second-order valence-electron chi connectivity index (χ2n) is 12.2. The van der Waals surface area contributed by atoms with E-state index in [1.165, 1.54) is 0 Å². The number of methoxy groups -OCH3 is 1. The highest BCUT2D eigenvalue weighted by atomic mass is 16.5. The topological polar surface area (TPSA) is 129 Å². The Morgan fingerprint density at radius 2 is 1.83 bits per heavy atom. The number of anilines is 1. The van der Waals surface area contributed by atoms with Crippen molar-refractivity contribution in [3.63, 3.8) is 0 Å². The molecule has 2 saturated heterocycles. The number of nitrogens with two attached hydrogens (primary N) is 1. The third kappa shape index (κ3) is 4.52. The molecule has 2 aliphatic heterocycles. The van der Waals surface area contributed by atoms with Gasteiger partial charge >= 0.3 is 0 Å². The Labute approximate surface area is 245 Å². The van der Waals surface area contributed by atoms with E-state index in [9.17, 15) is 4.79 Å². The van der Waals surface area contributed by atoms with Gasteiger partial charge in [-0.05, 0) is 45.4 Å². The molecule has 0 spiro atoms. The molecule has 3 aromatic heterocycles. The fourth-order valence-electron chi connectivity index (χ4n) is 6.28. The summed E-state index contributed by atoms with van der Waals surface area (Å²) in [5, 5.41) is 0. The maximum atomic E-state index is 12.4. The number of piperidine rings is 1. The molecule has 5 heterocycles. The number of amides is 1. The first-order valence-corrected chi connectivity index (χ1v) is 14.7. The van der Waals surface area contributed by atoms with Crippen molar-refractivity contribution in [1.29, 1.82) is 0 Å². The highest BCUT2D eigenvalue weighted by Gasteiger charge is 2.46. The number of para-hydroxylation sites is 2. The predicted octanol–water partition coefficient (Wildman–Crippen LogP) is 2.86. The van der Waals surface area contributed by atoms with Crippen LogP contribution < -0.4 is 10.6 Å². The van der Waals surface area contributed by atoms with Crippen molar-refractivity contribution in [1.82, 2.24) is 34.0 Å². The van der Waals surface area contributed by atoms with Crippen LogP contribution in [0.5, 0.6) is 0 Å². The maximum absolute atomic E-state index is 12.4. The van der Waals surface area contributed by atoms with E-state index in [4.69, 9.17) is 35.1 Å². The van der Waals surface area contributed by atoms with Crippen LogP contribution in [-0.4, -0.2) is 91.9 Å². The highest BCUT2D eigenvalue weighted by Crippen LogP contribution is 2.39. The summed E-state index contributed by atoms with van der Waals surface area (Å²) < 4.78 is 16.1. The lowest BCUT2D eigenvalue weighted by Gasteiger charge is -2.46. The number of aryl methyl sites for hydroxylation is 1. The van der Waals surface area contributed by atoms with Gasteiger partial charge in [0.1, 0.15) is 17.2 Å². The zero-order valence-corrected chi connectivity index (χ0v) is 25.4. The van der Waals surface area contributed by atoms with Crippen molar-refractivity contribution in [3.05, 3.63) is 35.9 Å². The normalized spacial score (nSPS) is 20.7. The molecule has 6 rings (SSSR count). The molecule has 2 fully saturated rings. The van der Waals surface area contributed by atoms with Crippen LogP contribution in [0.1, 0.15) is 58.1 Å². The molecule has 2 aliphatic rings. The molecule has 42 heavy (non-hydrogen) atoms. The van der Waals surface area contributed by atoms with Gasteiger partial charge in [0, 0.05) is 39.7 Å². The van der Waals surface area contributed by atoms with Crippen LogP contribution in [0.15, 0.2) is 24.3 Å². The average molecular weight is 576 g/mol. The van der Waals surface area contributed by atoms with Gasteiger partial charge in [-0.3, -0.25) is 14.3 Å². The van der Waals surface area contributed by atoms with E-state index in [0.717, 1.165) is 53.4 Å². The molecule has 4 aromatic rings. The molecule has 1 unspecified atom stereocenters. The molecule has 0 radical (unpaired) electrons. The molecular weight excluding hydrogens is 534 g/mol. The average Bonchev–Trinajstić information content (AvgIpc) is 3.55. The second kappa shape index (κ2) is 10.6. The molecule has 1 aromatic carbocycles. The maximum Gasteiger partial charge on any atom is 0.239 e. The molecule has 0 aliphatic carbocycles. The molecule has 0 saturated carbocycles. The summed E-state index contributed by atoms with van der Waals surface area (Å²) in [7, 11) is 3.70. The van der Waals surface area contributed by atoms with Crippen LogP contribution in [0.2, 0.25) is 0 Å². The van der Waals surface area contributed by atoms with Gasteiger partial charge in [-0.25, -0.2) is 9.97 Å². The van der Waals surface area contributed by atoms with Crippen LogP contribution in [-0.2, 0) is 26.9 Å². The predicted molar refractivity (Wildman–Crippen MR) is 161 cm³/mol. The van der Waals surface area contributed by atoms with Gasteiger partial charge < -0.3 is 24.7 Å². The molecule has 2 N–H and O–H groups in total. The lowest BCUT2D eigenvalue weighted by Crippen LogP contribution is -2.60. The summed E-state index contributed by atoms with van der Waals surface area (Å²) in [6, 6.07) is 8.09. The fraction of sp³-hybridized carbons (Fsp3) is 0.567. The van der Waals surface area contributed by atoms with Crippen LogP contribution in [0.3, 0.4) is 0 Å². The number of aromatic nitrogens is 6. The Kier molecular flexibility index (Phi) is 7.19. The summed E-state index contributed by atoms with van der Waals surface area (Å²) in [6.45, 7) is 11.9. The van der Waals surface area contributed by atoms with E-state index in [0.29, 0.717) is 44.4 Å². The number of carbonyl (C=O) groups is 1. The van der Waals surface area contributed by atoms with Gasteiger partial charge in [0.2, 0.25) is 11.9 Å². The minimum atomic E-state index is -0.823. The number of primary amides is 1. The number of morpholine rings is 1. The monoisotopic (exact) mass is 575 g/mol. The zero-order chi connectivity index (χ0) is 29.8. The third-order valence-electron chi connectivity index (χ3n) is 8.95. The molecule has 224 valence electrons. The number of imidazole rings is 2. The number of hydrogen-bond acceptors (Lipinski definition) is 9. The number of benzene rings is 1. The smallest absolute Gasteiger partial charge is 0.239 e. The quantitative estimate of drug-likeness (QED) is 0.354. The first kappa shape index (κ1) is 28.5. The Morgan fingerprint density at radius 1 is 1.10 bits per heavy atom. The van der Waals surface area contributed by atoms with Crippen molar-refractivity contribution < 1.29 is 14.3 Å². The number of fused-ring (bicyclic) bond motifs is 2. The number of rotatable bonds is 7. The second-order valence-corrected chi connectivity index (χ2v) is 12.2. The Bertz CT molecular complexity index is 1640. The first-order chi connectivity index (χ1) is 20.1. The van der Waals surface area contributed by atoms with Gasteiger partial charge in [-0.1, -0.05) is 26.0 Å². The Balaban J connectivity index is 1.57.